The van der Waals surface area contributed by atoms with Gasteiger partial charge >= 0.3 is 41.8 Å². The summed E-state index contributed by atoms with van der Waals surface area (Å²) in [4.78, 5) is 89.6. The van der Waals surface area contributed by atoms with Crippen LogP contribution in [0.15, 0.2) is 91.0 Å². The molecule has 0 bridgehead atoms. The number of esters is 7. The Morgan fingerprint density at radius 3 is 1.34 bits per heavy atom. The first-order chi connectivity index (χ1) is 28.2. The molecule has 18 heteroatoms. The van der Waals surface area contributed by atoms with Crippen LogP contribution in [0.5, 0.6) is 0 Å². The van der Waals surface area contributed by atoms with Crippen molar-refractivity contribution in [3.05, 3.63) is 108 Å². The summed E-state index contributed by atoms with van der Waals surface area (Å²) in [7, 11) is 0. The van der Waals surface area contributed by atoms with Crippen LogP contribution in [0.3, 0.4) is 0 Å². The minimum atomic E-state index is -2.11. The molecule has 1 N–H and O–H groups in total. The fraction of sp³-hybridized carbons (Fsp3) is 0.390. The highest BCUT2D eigenvalue weighted by atomic mass is 16.8. The molecular formula is C41H42O18. The van der Waals surface area contributed by atoms with Gasteiger partial charge in [-0.15, -0.1) is 0 Å². The second-order valence-electron chi connectivity index (χ2n) is 13.2. The highest BCUT2D eigenvalue weighted by molar-refractivity contribution is 5.91. The van der Waals surface area contributed by atoms with Crippen LogP contribution in [0.1, 0.15) is 58.8 Å². The summed E-state index contributed by atoms with van der Waals surface area (Å²) in [5.74, 6) is -6.26. The Balaban J connectivity index is 1.58. The number of hydrogen-bond acceptors (Lipinski definition) is 18. The molecule has 2 aliphatic heterocycles. The zero-order valence-electron chi connectivity index (χ0n) is 32.2. The Hall–Kier alpha value is -6.21. The van der Waals surface area contributed by atoms with E-state index < -0.39 is 116 Å². The number of carbonyl (C=O) groups is 7. The van der Waals surface area contributed by atoms with Crippen molar-refractivity contribution in [3.63, 3.8) is 0 Å². The first kappa shape index (κ1) is 43.9. The van der Waals surface area contributed by atoms with Crippen molar-refractivity contribution in [2.45, 2.75) is 89.1 Å². The molecule has 2 aliphatic rings. The molecule has 0 unspecified atom stereocenters. The Kier molecular flexibility index (Phi) is 15.2. The smallest absolute Gasteiger partial charge is 0.338 e. The summed E-state index contributed by atoms with van der Waals surface area (Å²) in [6, 6.07) is 23.2. The van der Waals surface area contributed by atoms with E-state index in [-0.39, 0.29) is 16.7 Å². The molecule has 10 atom stereocenters. The largest absolute Gasteiger partial charge is 0.463 e. The second kappa shape index (κ2) is 20.5. The first-order valence-electron chi connectivity index (χ1n) is 18.3. The molecular weight excluding hydrogens is 780 g/mol. The van der Waals surface area contributed by atoms with Gasteiger partial charge in [-0.3, -0.25) is 19.2 Å². The van der Waals surface area contributed by atoms with E-state index in [1.807, 2.05) is 0 Å². The third-order valence-corrected chi connectivity index (χ3v) is 8.74. The van der Waals surface area contributed by atoms with E-state index in [1.54, 1.807) is 54.6 Å². The van der Waals surface area contributed by atoms with Gasteiger partial charge < -0.3 is 52.5 Å². The molecule has 0 aliphatic carbocycles. The maximum Gasteiger partial charge on any atom is 0.338 e. The van der Waals surface area contributed by atoms with E-state index in [2.05, 4.69) is 0 Å². The van der Waals surface area contributed by atoms with E-state index in [4.69, 9.17) is 47.4 Å². The van der Waals surface area contributed by atoms with Crippen LogP contribution in [0, 0.1) is 0 Å². The molecule has 18 nitrogen and oxygen atoms in total. The lowest BCUT2D eigenvalue weighted by Gasteiger charge is -2.48. The molecule has 2 saturated heterocycles. The van der Waals surface area contributed by atoms with Crippen molar-refractivity contribution >= 4 is 41.8 Å². The van der Waals surface area contributed by atoms with Crippen LogP contribution < -0.4 is 0 Å². The second-order valence-corrected chi connectivity index (χ2v) is 13.2. The van der Waals surface area contributed by atoms with Gasteiger partial charge in [0, 0.05) is 27.7 Å². The highest BCUT2D eigenvalue weighted by Crippen LogP contribution is 2.35. The zero-order valence-corrected chi connectivity index (χ0v) is 32.2. The third kappa shape index (κ3) is 11.9. The van der Waals surface area contributed by atoms with Crippen molar-refractivity contribution in [2.75, 3.05) is 13.2 Å². The van der Waals surface area contributed by atoms with Crippen LogP contribution in [0.25, 0.3) is 0 Å². The monoisotopic (exact) mass is 822 g/mol. The first-order valence-corrected chi connectivity index (χ1v) is 18.3. The lowest BCUT2D eigenvalue weighted by molar-refractivity contribution is -0.361. The number of aliphatic hydroxyl groups is 1. The molecule has 59 heavy (non-hydrogen) atoms. The quantitative estimate of drug-likeness (QED) is 0.182. The van der Waals surface area contributed by atoms with E-state index >= 15 is 0 Å². The van der Waals surface area contributed by atoms with E-state index in [9.17, 15) is 38.7 Å². The molecule has 0 amide bonds. The number of benzene rings is 3. The van der Waals surface area contributed by atoms with Gasteiger partial charge in [0.15, 0.2) is 49.2 Å². The van der Waals surface area contributed by atoms with Crippen LogP contribution >= 0.6 is 0 Å². The molecule has 3 aromatic rings. The van der Waals surface area contributed by atoms with Gasteiger partial charge in [-0.1, -0.05) is 54.6 Å². The summed E-state index contributed by atoms with van der Waals surface area (Å²) in [5.41, 5.74) is 0.252. The maximum absolute atomic E-state index is 13.8. The molecule has 0 saturated carbocycles. The lowest BCUT2D eigenvalue weighted by atomic mass is 9.96. The normalized spacial score (nSPS) is 26.3. The minimum absolute atomic E-state index is 0.0275. The van der Waals surface area contributed by atoms with Crippen LogP contribution in [0.2, 0.25) is 0 Å². The van der Waals surface area contributed by atoms with E-state index in [0.717, 1.165) is 27.7 Å². The van der Waals surface area contributed by atoms with Gasteiger partial charge in [-0.2, -0.15) is 0 Å². The Morgan fingerprint density at radius 1 is 0.458 bits per heavy atom. The van der Waals surface area contributed by atoms with Gasteiger partial charge in [-0.25, -0.2) is 14.4 Å². The Labute approximate surface area is 337 Å². The van der Waals surface area contributed by atoms with Gasteiger partial charge in [0.05, 0.1) is 16.7 Å². The average molecular weight is 823 g/mol. The van der Waals surface area contributed by atoms with Crippen molar-refractivity contribution in [3.8, 4) is 0 Å². The van der Waals surface area contributed by atoms with Crippen molar-refractivity contribution in [1.29, 1.82) is 0 Å². The average Bonchev–Trinajstić information content (AvgIpc) is 3.21. The fourth-order valence-corrected chi connectivity index (χ4v) is 6.25. The zero-order chi connectivity index (χ0) is 42.6. The molecule has 2 fully saturated rings. The molecule has 2 heterocycles. The Bertz CT molecular complexity index is 1940. The predicted octanol–water partition coefficient (Wildman–Crippen LogP) is 2.48. The number of aliphatic hydroxyl groups excluding tert-OH is 1. The van der Waals surface area contributed by atoms with Crippen LogP contribution in [-0.2, 0) is 66.5 Å². The number of ether oxygens (including phenoxy) is 10. The van der Waals surface area contributed by atoms with Crippen LogP contribution in [-0.4, -0.2) is 122 Å². The summed E-state index contributed by atoms with van der Waals surface area (Å²) in [6.07, 6.45) is -17.4. The van der Waals surface area contributed by atoms with Gasteiger partial charge in [0.1, 0.15) is 25.4 Å². The van der Waals surface area contributed by atoms with E-state index in [1.165, 1.54) is 36.4 Å². The van der Waals surface area contributed by atoms with Crippen molar-refractivity contribution in [2.24, 2.45) is 0 Å². The molecule has 5 rings (SSSR count). The standard InChI is InChI=1S/C41H42O18/c1-22(42)50-20-30-31(52-23(2)43)34(53-24(3)44)36(54-25(4)45)41(56-30)59-35-33(58-39(48)28-18-12-7-13-19-28)32(57-38(47)27-16-10-6-11-17-27)29(55-40(35)49)21-51-37(46)26-14-8-5-9-15-26/h5-19,29-36,40-41,49H,20-21H2,1-4H3/t29-,30-,31-,32-,33+,34+,35+,36+,40-,41-/m1/s1. The molecule has 3 aromatic carbocycles. The fourth-order valence-electron chi connectivity index (χ4n) is 6.25. The van der Waals surface area contributed by atoms with Gasteiger partial charge in [-0.05, 0) is 36.4 Å². The maximum atomic E-state index is 13.8. The van der Waals surface area contributed by atoms with Gasteiger partial charge in [0.2, 0.25) is 0 Å². The number of carbonyl (C=O) groups excluding carboxylic acids is 7. The predicted molar refractivity (Wildman–Crippen MR) is 196 cm³/mol. The number of rotatable bonds is 14. The van der Waals surface area contributed by atoms with Crippen molar-refractivity contribution in [1.82, 2.24) is 0 Å². The summed E-state index contributed by atoms with van der Waals surface area (Å²) in [5, 5.41) is 11.7. The van der Waals surface area contributed by atoms with Crippen LogP contribution in [0.4, 0.5) is 0 Å². The van der Waals surface area contributed by atoms with Crippen molar-refractivity contribution < 1.29 is 86.0 Å². The molecule has 0 spiro atoms. The summed E-state index contributed by atoms with van der Waals surface area (Å²) < 4.78 is 57.1. The molecule has 314 valence electrons. The summed E-state index contributed by atoms with van der Waals surface area (Å²) in [6.45, 7) is 2.91. The molecule has 0 aromatic heterocycles. The lowest BCUT2D eigenvalue weighted by Crippen LogP contribution is -2.67. The minimum Gasteiger partial charge on any atom is -0.463 e. The SMILES string of the molecule is CC(=O)OC[C@H]1O[C@H](O[C@H]2[C@@H](OC(=O)c3ccccc3)[C@H](OC(=O)c3ccccc3)[C@@H](COC(=O)c3ccccc3)O[C@H]2O)[C@@H](OC(C)=O)[C@@H](OC(C)=O)[C@@H]1OC(C)=O. The van der Waals surface area contributed by atoms with E-state index in [0.29, 0.717) is 0 Å². The summed E-state index contributed by atoms with van der Waals surface area (Å²) >= 11 is 0. The van der Waals surface area contributed by atoms with Gasteiger partial charge in [0.25, 0.3) is 0 Å². The third-order valence-electron chi connectivity index (χ3n) is 8.74. The number of hydrogen-bond donors (Lipinski definition) is 1. The highest BCUT2D eigenvalue weighted by Gasteiger charge is 2.57. The topological polar surface area (TPSA) is 232 Å². The molecule has 0 radical (unpaired) electrons. The Morgan fingerprint density at radius 2 is 0.847 bits per heavy atom.